The van der Waals surface area contributed by atoms with Crippen molar-refractivity contribution in [2.45, 2.75) is 32.4 Å². The van der Waals surface area contributed by atoms with Crippen molar-refractivity contribution in [3.8, 4) is 5.75 Å². The second-order valence-corrected chi connectivity index (χ2v) is 5.03. The van der Waals surface area contributed by atoms with Gasteiger partial charge in [-0.15, -0.1) is 0 Å². The van der Waals surface area contributed by atoms with Gasteiger partial charge in [0.25, 0.3) is 0 Å². The van der Waals surface area contributed by atoms with Crippen molar-refractivity contribution in [3.63, 3.8) is 0 Å². The lowest BCUT2D eigenvalue weighted by Crippen LogP contribution is -2.44. The first-order valence-corrected chi connectivity index (χ1v) is 5.62. The molecule has 0 saturated heterocycles. The Morgan fingerprint density at radius 1 is 1.28 bits per heavy atom. The van der Waals surface area contributed by atoms with Crippen LogP contribution in [0.3, 0.4) is 0 Å². The number of hydroxylamine groups is 2. The molecule has 0 saturated carbocycles. The molecular formula is C13H19NO4. The van der Waals surface area contributed by atoms with E-state index >= 15 is 0 Å². The molecule has 0 bridgehead atoms. The molecule has 0 heterocycles. The van der Waals surface area contributed by atoms with Crippen LogP contribution in [-0.2, 0) is 4.79 Å². The zero-order valence-electron chi connectivity index (χ0n) is 11.0. The lowest BCUT2D eigenvalue weighted by molar-refractivity contribution is -0.202. The molecular weight excluding hydrogens is 234 g/mol. The van der Waals surface area contributed by atoms with Crippen LogP contribution in [0.4, 0.5) is 0 Å². The summed E-state index contributed by atoms with van der Waals surface area (Å²) < 4.78 is 5.01. The molecule has 1 aromatic carbocycles. The van der Waals surface area contributed by atoms with E-state index in [2.05, 4.69) is 0 Å². The highest BCUT2D eigenvalue weighted by atomic mass is 16.5. The minimum Gasteiger partial charge on any atom is -0.497 e. The molecule has 5 heteroatoms. The van der Waals surface area contributed by atoms with Gasteiger partial charge >= 0.3 is 5.97 Å². The summed E-state index contributed by atoms with van der Waals surface area (Å²) in [6.07, 6.45) is 0. The van der Waals surface area contributed by atoms with E-state index in [-0.39, 0.29) is 0 Å². The highest BCUT2D eigenvalue weighted by Gasteiger charge is 2.33. The second-order valence-electron chi connectivity index (χ2n) is 5.03. The zero-order valence-corrected chi connectivity index (χ0v) is 11.0. The topological polar surface area (TPSA) is 70.0 Å². The number of hydrogen-bond acceptors (Lipinski definition) is 4. The molecule has 0 aliphatic heterocycles. The van der Waals surface area contributed by atoms with Crippen LogP contribution in [0, 0.1) is 0 Å². The van der Waals surface area contributed by atoms with Crippen molar-refractivity contribution in [1.82, 2.24) is 5.06 Å². The van der Waals surface area contributed by atoms with Crippen molar-refractivity contribution in [1.29, 1.82) is 0 Å². The summed E-state index contributed by atoms with van der Waals surface area (Å²) in [6.45, 7) is 5.23. The molecule has 2 N–H and O–H groups in total. The number of nitrogens with zero attached hydrogens (tertiary/aromatic N) is 1. The Hall–Kier alpha value is -1.59. The van der Waals surface area contributed by atoms with E-state index in [0.717, 1.165) is 5.06 Å². The molecule has 0 radical (unpaired) electrons. The van der Waals surface area contributed by atoms with Gasteiger partial charge in [-0.05, 0) is 38.5 Å². The van der Waals surface area contributed by atoms with Crippen LogP contribution in [0.25, 0.3) is 0 Å². The number of carboxylic acid groups (broad SMARTS) is 1. The fraction of sp³-hybridized carbons (Fsp3) is 0.462. The number of aliphatic carboxylic acids is 1. The van der Waals surface area contributed by atoms with Crippen molar-refractivity contribution < 1.29 is 19.8 Å². The Bertz CT molecular complexity index is 408. The Kier molecular flexibility index (Phi) is 4.32. The summed E-state index contributed by atoms with van der Waals surface area (Å²) >= 11 is 0. The fourth-order valence-electron chi connectivity index (χ4n) is 1.56. The van der Waals surface area contributed by atoms with Gasteiger partial charge in [0.1, 0.15) is 5.75 Å². The molecule has 0 fully saturated rings. The minimum absolute atomic E-state index is 0.501. The first kappa shape index (κ1) is 14.5. The number of benzene rings is 1. The van der Waals surface area contributed by atoms with Crippen molar-refractivity contribution in [2.75, 3.05) is 7.11 Å². The average molecular weight is 253 g/mol. The normalized spacial score (nSPS) is 13.4. The molecule has 18 heavy (non-hydrogen) atoms. The molecule has 1 atom stereocenters. The number of hydrogen-bond donors (Lipinski definition) is 2. The van der Waals surface area contributed by atoms with Gasteiger partial charge in [-0.2, -0.15) is 5.06 Å². The maximum atomic E-state index is 11.3. The molecule has 0 aromatic heterocycles. The van der Waals surface area contributed by atoms with Gasteiger partial charge < -0.3 is 15.1 Å². The first-order chi connectivity index (χ1) is 8.27. The van der Waals surface area contributed by atoms with Crippen molar-refractivity contribution in [2.24, 2.45) is 0 Å². The molecule has 0 aliphatic carbocycles. The van der Waals surface area contributed by atoms with Crippen molar-refractivity contribution in [3.05, 3.63) is 29.8 Å². The minimum atomic E-state index is -1.10. The lowest BCUT2D eigenvalue weighted by atomic mass is 10.0. The molecule has 0 spiro atoms. The molecule has 5 nitrogen and oxygen atoms in total. The molecule has 0 amide bonds. The number of carbonyl (C=O) groups is 1. The summed E-state index contributed by atoms with van der Waals surface area (Å²) in [5.41, 5.74) is -0.163. The SMILES string of the molecule is COc1ccc(C(C(=O)O)N(O)C(C)(C)C)cc1. The van der Waals surface area contributed by atoms with E-state index < -0.39 is 17.6 Å². The van der Waals surface area contributed by atoms with Gasteiger partial charge in [-0.1, -0.05) is 12.1 Å². The largest absolute Gasteiger partial charge is 0.497 e. The summed E-state index contributed by atoms with van der Waals surface area (Å²) in [5, 5.41) is 20.1. The summed E-state index contributed by atoms with van der Waals surface area (Å²) in [6, 6.07) is 5.50. The van der Waals surface area contributed by atoms with Crippen molar-refractivity contribution >= 4 is 5.97 Å². The highest BCUT2D eigenvalue weighted by Crippen LogP contribution is 2.27. The predicted molar refractivity (Wildman–Crippen MR) is 66.7 cm³/mol. The van der Waals surface area contributed by atoms with Crippen LogP contribution in [0.1, 0.15) is 32.4 Å². The average Bonchev–Trinajstić information content (AvgIpc) is 2.28. The molecule has 0 aliphatic rings. The second kappa shape index (κ2) is 5.37. The molecule has 1 unspecified atom stereocenters. The van der Waals surface area contributed by atoms with E-state index in [0.29, 0.717) is 11.3 Å². The lowest BCUT2D eigenvalue weighted by Gasteiger charge is -2.34. The van der Waals surface area contributed by atoms with Crippen LogP contribution < -0.4 is 4.74 Å². The maximum Gasteiger partial charge on any atom is 0.327 e. The molecule has 1 rings (SSSR count). The standard InChI is InChI=1S/C13H19NO4/c1-13(2,3)14(17)11(12(15)16)9-5-7-10(18-4)8-6-9/h5-8,11,17H,1-4H3,(H,15,16). The summed E-state index contributed by atoms with van der Waals surface area (Å²) in [7, 11) is 1.54. The van der Waals surface area contributed by atoms with Crippen LogP contribution in [-0.4, -0.2) is 34.0 Å². The highest BCUT2D eigenvalue weighted by molar-refractivity contribution is 5.75. The van der Waals surface area contributed by atoms with E-state index in [1.165, 1.54) is 7.11 Å². The Labute approximate surface area is 107 Å². The molecule has 100 valence electrons. The molecule has 1 aromatic rings. The van der Waals surface area contributed by atoms with Gasteiger partial charge in [-0.25, -0.2) is 0 Å². The van der Waals surface area contributed by atoms with Crippen LogP contribution in [0.5, 0.6) is 5.75 Å². The predicted octanol–water partition coefficient (Wildman–Crippen LogP) is 2.31. The van der Waals surface area contributed by atoms with Crippen LogP contribution in [0.15, 0.2) is 24.3 Å². The number of methoxy groups -OCH3 is 1. The third-order valence-electron chi connectivity index (χ3n) is 2.60. The third kappa shape index (κ3) is 3.21. The van der Waals surface area contributed by atoms with Gasteiger partial charge in [0, 0.05) is 5.54 Å². The first-order valence-electron chi connectivity index (χ1n) is 5.62. The number of carboxylic acids is 1. The fourth-order valence-corrected chi connectivity index (χ4v) is 1.56. The van der Waals surface area contributed by atoms with Gasteiger partial charge in [-0.3, -0.25) is 4.79 Å². The third-order valence-corrected chi connectivity index (χ3v) is 2.60. The Morgan fingerprint density at radius 3 is 2.11 bits per heavy atom. The summed E-state index contributed by atoms with van der Waals surface area (Å²) in [5.74, 6) is -0.458. The van der Waals surface area contributed by atoms with E-state index in [9.17, 15) is 15.1 Å². The Morgan fingerprint density at radius 2 is 1.78 bits per heavy atom. The van der Waals surface area contributed by atoms with Gasteiger partial charge in [0.05, 0.1) is 7.11 Å². The monoisotopic (exact) mass is 253 g/mol. The maximum absolute atomic E-state index is 11.3. The Balaban J connectivity index is 3.08. The zero-order chi connectivity index (χ0) is 13.9. The summed E-state index contributed by atoms with van der Waals surface area (Å²) in [4.78, 5) is 11.3. The van der Waals surface area contributed by atoms with Crippen LogP contribution >= 0.6 is 0 Å². The van der Waals surface area contributed by atoms with E-state index in [4.69, 9.17) is 4.74 Å². The van der Waals surface area contributed by atoms with Crippen LogP contribution in [0.2, 0.25) is 0 Å². The quantitative estimate of drug-likeness (QED) is 0.806. The smallest absolute Gasteiger partial charge is 0.327 e. The number of rotatable bonds is 4. The number of ether oxygens (including phenoxy) is 1. The van der Waals surface area contributed by atoms with Gasteiger partial charge in [0.2, 0.25) is 0 Å². The van der Waals surface area contributed by atoms with E-state index in [1.807, 2.05) is 0 Å². The van der Waals surface area contributed by atoms with Gasteiger partial charge in [0.15, 0.2) is 6.04 Å². The van der Waals surface area contributed by atoms with E-state index in [1.54, 1.807) is 45.0 Å².